The highest BCUT2D eigenvalue weighted by atomic mass is 127. The molecular weight excluding hydrogens is 492 g/mol. The SMILES string of the molecule is CCNC(=NCc1cc(F)ccc1CS(C)(=O)=O)NCC1CCCC(C)C1.I. The lowest BCUT2D eigenvalue weighted by molar-refractivity contribution is 0.282. The zero-order valence-corrected chi connectivity index (χ0v) is 20.1. The summed E-state index contributed by atoms with van der Waals surface area (Å²) >= 11 is 0. The van der Waals surface area contributed by atoms with E-state index in [0.717, 1.165) is 19.0 Å². The van der Waals surface area contributed by atoms with Crippen LogP contribution in [0.5, 0.6) is 0 Å². The van der Waals surface area contributed by atoms with E-state index in [0.29, 0.717) is 23.0 Å². The van der Waals surface area contributed by atoms with Crippen LogP contribution < -0.4 is 10.6 Å². The number of hydrogen-bond donors (Lipinski definition) is 2. The quantitative estimate of drug-likeness (QED) is 0.322. The molecule has 8 heteroatoms. The Hall–Kier alpha value is -0.900. The van der Waals surface area contributed by atoms with Gasteiger partial charge in [0.25, 0.3) is 0 Å². The predicted molar refractivity (Wildman–Crippen MR) is 124 cm³/mol. The summed E-state index contributed by atoms with van der Waals surface area (Å²) in [5.41, 5.74) is 1.20. The smallest absolute Gasteiger partial charge is 0.191 e. The van der Waals surface area contributed by atoms with E-state index in [2.05, 4.69) is 22.5 Å². The maximum atomic E-state index is 13.7. The Labute approximate surface area is 185 Å². The van der Waals surface area contributed by atoms with Gasteiger partial charge in [-0.3, -0.25) is 0 Å². The average molecular weight is 525 g/mol. The van der Waals surface area contributed by atoms with Gasteiger partial charge in [-0.1, -0.05) is 25.8 Å². The van der Waals surface area contributed by atoms with Gasteiger partial charge in [-0.2, -0.15) is 0 Å². The molecule has 160 valence electrons. The van der Waals surface area contributed by atoms with Crippen LogP contribution in [0.2, 0.25) is 0 Å². The van der Waals surface area contributed by atoms with Crippen molar-refractivity contribution in [2.24, 2.45) is 16.8 Å². The molecule has 0 aliphatic heterocycles. The number of nitrogens with zero attached hydrogens (tertiary/aromatic N) is 1. The largest absolute Gasteiger partial charge is 0.357 e. The van der Waals surface area contributed by atoms with E-state index in [1.54, 1.807) is 0 Å². The molecule has 0 aromatic heterocycles. The van der Waals surface area contributed by atoms with Crippen molar-refractivity contribution < 1.29 is 12.8 Å². The first-order valence-electron chi connectivity index (χ1n) is 9.74. The van der Waals surface area contributed by atoms with Crippen LogP contribution in [0.25, 0.3) is 0 Å². The molecule has 0 heterocycles. The van der Waals surface area contributed by atoms with Crippen molar-refractivity contribution in [1.29, 1.82) is 0 Å². The number of aliphatic imine (C=N–C) groups is 1. The molecule has 0 bridgehead atoms. The van der Waals surface area contributed by atoms with Gasteiger partial charge in [-0.25, -0.2) is 17.8 Å². The van der Waals surface area contributed by atoms with E-state index in [1.165, 1.54) is 50.1 Å². The van der Waals surface area contributed by atoms with Gasteiger partial charge in [0.2, 0.25) is 0 Å². The van der Waals surface area contributed by atoms with Crippen molar-refractivity contribution in [3.05, 3.63) is 35.1 Å². The summed E-state index contributed by atoms with van der Waals surface area (Å²) in [6.45, 7) is 6.14. The Morgan fingerprint density at radius 3 is 2.64 bits per heavy atom. The summed E-state index contributed by atoms with van der Waals surface area (Å²) in [6, 6.07) is 4.20. The molecule has 2 rings (SSSR count). The first-order chi connectivity index (χ1) is 12.8. The standard InChI is InChI=1S/C20H32FN3O2S.HI/c1-4-22-20(23-12-16-7-5-6-15(2)10-16)24-13-18-11-19(21)9-8-17(18)14-27(3,25)26;/h8-9,11,15-16H,4-7,10,12-14H2,1-3H3,(H2,22,23,24);1H. The number of hydrogen-bond acceptors (Lipinski definition) is 3. The fraction of sp³-hybridized carbons (Fsp3) is 0.650. The Bertz CT molecular complexity index is 756. The van der Waals surface area contributed by atoms with Gasteiger partial charge in [0.1, 0.15) is 5.82 Å². The molecule has 28 heavy (non-hydrogen) atoms. The number of halogens is 2. The molecule has 2 N–H and O–H groups in total. The molecule has 0 saturated heterocycles. The summed E-state index contributed by atoms with van der Waals surface area (Å²) in [5.74, 6) is 1.61. The molecule has 0 amide bonds. The molecule has 1 fully saturated rings. The van der Waals surface area contributed by atoms with E-state index in [1.807, 2.05) is 6.92 Å². The minimum Gasteiger partial charge on any atom is -0.357 e. The van der Waals surface area contributed by atoms with Crippen LogP contribution in [0, 0.1) is 17.7 Å². The first-order valence-corrected chi connectivity index (χ1v) is 11.8. The number of rotatable bonds is 7. The van der Waals surface area contributed by atoms with Crippen LogP contribution in [0.15, 0.2) is 23.2 Å². The van der Waals surface area contributed by atoms with Crippen molar-refractivity contribution in [3.8, 4) is 0 Å². The Balaban J connectivity index is 0.00000392. The molecule has 5 nitrogen and oxygen atoms in total. The third-order valence-corrected chi connectivity index (χ3v) is 5.78. The molecule has 2 unspecified atom stereocenters. The number of sulfone groups is 1. The van der Waals surface area contributed by atoms with Gasteiger partial charge < -0.3 is 10.6 Å². The first kappa shape index (κ1) is 25.1. The highest BCUT2D eigenvalue weighted by Gasteiger charge is 2.19. The van der Waals surface area contributed by atoms with Crippen molar-refractivity contribution in [2.75, 3.05) is 19.3 Å². The zero-order chi connectivity index (χ0) is 19.9. The monoisotopic (exact) mass is 525 g/mol. The van der Waals surface area contributed by atoms with Crippen molar-refractivity contribution in [1.82, 2.24) is 10.6 Å². The highest BCUT2D eigenvalue weighted by molar-refractivity contribution is 14.0. The number of guanidine groups is 1. The summed E-state index contributed by atoms with van der Waals surface area (Å²) in [6.07, 6.45) is 6.24. The van der Waals surface area contributed by atoms with E-state index < -0.39 is 9.84 Å². The van der Waals surface area contributed by atoms with Gasteiger partial charge in [0, 0.05) is 19.3 Å². The van der Waals surface area contributed by atoms with E-state index >= 15 is 0 Å². The van der Waals surface area contributed by atoms with Gasteiger partial charge in [-0.15, -0.1) is 24.0 Å². The van der Waals surface area contributed by atoms with Crippen molar-refractivity contribution >= 4 is 39.8 Å². The normalized spacial score (nSPS) is 20.4. The molecule has 1 aliphatic rings. The third kappa shape index (κ3) is 9.07. The summed E-state index contributed by atoms with van der Waals surface area (Å²) in [7, 11) is -3.19. The Morgan fingerprint density at radius 2 is 2.00 bits per heavy atom. The highest BCUT2D eigenvalue weighted by Crippen LogP contribution is 2.27. The fourth-order valence-electron chi connectivity index (χ4n) is 3.66. The molecule has 1 aromatic carbocycles. The van der Waals surface area contributed by atoms with Gasteiger partial charge in [0.15, 0.2) is 15.8 Å². The van der Waals surface area contributed by atoms with E-state index in [9.17, 15) is 12.8 Å². The van der Waals surface area contributed by atoms with Crippen molar-refractivity contribution in [3.63, 3.8) is 0 Å². The maximum Gasteiger partial charge on any atom is 0.191 e. The van der Waals surface area contributed by atoms with Crippen LogP contribution in [-0.4, -0.2) is 33.7 Å². The van der Waals surface area contributed by atoms with Crippen LogP contribution >= 0.6 is 24.0 Å². The zero-order valence-electron chi connectivity index (χ0n) is 17.0. The molecule has 0 radical (unpaired) electrons. The van der Waals surface area contributed by atoms with Crippen LogP contribution in [0.3, 0.4) is 0 Å². The predicted octanol–water partition coefficient (Wildman–Crippen LogP) is 3.87. The number of benzene rings is 1. The number of nitrogens with one attached hydrogen (secondary N) is 2. The lowest BCUT2D eigenvalue weighted by Gasteiger charge is -2.27. The van der Waals surface area contributed by atoms with Gasteiger partial charge in [-0.05, 0) is 54.9 Å². The maximum absolute atomic E-state index is 13.7. The molecule has 1 aromatic rings. The fourth-order valence-corrected chi connectivity index (χ4v) is 4.50. The second-order valence-electron chi connectivity index (χ2n) is 7.70. The van der Waals surface area contributed by atoms with Crippen LogP contribution in [0.1, 0.15) is 50.7 Å². The van der Waals surface area contributed by atoms with Crippen LogP contribution in [-0.2, 0) is 22.1 Å². The topological polar surface area (TPSA) is 70.6 Å². The summed E-state index contributed by atoms with van der Waals surface area (Å²) < 4.78 is 36.9. The average Bonchev–Trinajstić information content (AvgIpc) is 2.58. The van der Waals surface area contributed by atoms with Gasteiger partial charge in [0.05, 0.1) is 12.3 Å². The summed E-state index contributed by atoms with van der Waals surface area (Å²) in [4.78, 5) is 4.55. The lowest BCUT2D eigenvalue weighted by Crippen LogP contribution is -2.40. The third-order valence-electron chi connectivity index (χ3n) is 4.94. The molecule has 1 aliphatic carbocycles. The molecular formula is C20H33FIN3O2S. The summed E-state index contributed by atoms with van der Waals surface area (Å²) in [5, 5.41) is 6.60. The van der Waals surface area contributed by atoms with E-state index in [-0.39, 0.29) is 42.1 Å². The Kier molecular flexibility index (Phi) is 10.7. The van der Waals surface area contributed by atoms with Gasteiger partial charge >= 0.3 is 0 Å². The molecule has 2 atom stereocenters. The van der Waals surface area contributed by atoms with Crippen LogP contribution in [0.4, 0.5) is 4.39 Å². The second-order valence-corrected chi connectivity index (χ2v) is 9.84. The minimum absolute atomic E-state index is 0. The lowest BCUT2D eigenvalue weighted by atomic mass is 9.82. The van der Waals surface area contributed by atoms with Crippen molar-refractivity contribution in [2.45, 2.75) is 51.8 Å². The minimum atomic E-state index is -3.19. The molecule has 1 saturated carbocycles. The molecule has 0 spiro atoms. The van der Waals surface area contributed by atoms with E-state index in [4.69, 9.17) is 0 Å². The Morgan fingerprint density at radius 1 is 1.25 bits per heavy atom. The second kappa shape index (κ2) is 11.9.